The van der Waals surface area contributed by atoms with Crippen LogP contribution in [0.3, 0.4) is 0 Å². The van der Waals surface area contributed by atoms with Crippen molar-refractivity contribution in [2.45, 2.75) is 25.7 Å². The highest BCUT2D eigenvalue weighted by Gasteiger charge is 2.19. The fraction of sp³-hybridized carbons (Fsp3) is 0.471. The van der Waals surface area contributed by atoms with Gasteiger partial charge < -0.3 is 10.2 Å². The van der Waals surface area contributed by atoms with Gasteiger partial charge in [-0.2, -0.15) is 5.10 Å². The molecule has 1 saturated heterocycles. The van der Waals surface area contributed by atoms with Crippen LogP contribution in [-0.2, 0) is 7.05 Å². The molecule has 0 unspecified atom stereocenters. The summed E-state index contributed by atoms with van der Waals surface area (Å²) in [5, 5.41) is 7.15. The normalized spacial score (nSPS) is 16.3. The predicted molar refractivity (Wildman–Crippen MR) is 96.1 cm³/mol. The highest BCUT2D eigenvalue weighted by Crippen LogP contribution is 2.28. The molecule has 0 amide bonds. The first kappa shape index (κ1) is 16.9. The maximum absolute atomic E-state index is 12.0. The number of piperidine rings is 1. The summed E-state index contributed by atoms with van der Waals surface area (Å²) < 4.78 is 1.21. The van der Waals surface area contributed by atoms with E-state index >= 15 is 0 Å². The molecule has 128 valence electrons. The standard InChI is InChI=1S/C17H22ClN5O/c1-3-23-8-6-12(7-9-23)13-4-5-16(19-11-13)20-14-10-15(18)21-22(2)17(14)24/h4-5,10-12H,3,6-9H2,1-2H3,(H,19,20). The molecule has 0 aliphatic carbocycles. The van der Waals surface area contributed by atoms with Gasteiger partial charge in [0.05, 0.1) is 0 Å². The fourth-order valence-electron chi connectivity index (χ4n) is 3.10. The third-order valence-corrected chi connectivity index (χ3v) is 4.77. The van der Waals surface area contributed by atoms with Crippen LogP contribution in [0, 0.1) is 0 Å². The van der Waals surface area contributed by atoms with Crippen LogP contribution in [0.1, 0.15) is 31.2 Å². The van der Waals surface area contributed by atoms with Crippen LogP contribution in [0.4, 0.5) is 11.5 Å². The molecule has 0 saturated carbocycles. The van der Waals surface area contributed by atoms with E-state index in [1.165, 1.54) is 29.2 Å². The summed E-state index contributed by atoms with van der Waals surface area (Å²) in [4.78, 5) is 19.0. The van der Waals surface area contributed by atoms with E-state index in [2.05, 4.69) is 33.3 Å². The van der Waals surface area contributed by atoms with Crippen LogP contribution < -0.4 is 10.9 Å². The molecule has 1 aliphatic heterocycles. The number of pyridine rings is 1. The number of hydrogen-bond donors (Lipinski definition) is 1. The molecule has 24 heavy (non-hydrogen) atoms. The molecule has 3 heterocycles. The summed E-state index contributed by atoms with van der Waals surface area (Å²) in [5.41, 5.74) is 1.39. The Morgan fingerprint density at radius 2 is 2.08 bits per heavy atom. The van der Waals surface area contributed by atoms with Crippen LogP contribution >= 0.6 is 11.6 Å². The zero-order valence-electron chi connectivity index (χ0n) is 14.0. The van der Waals surface area contributed by atoms with Crippen molar-refractivity contribution < 1.29 is 0 Å². The lowest BCUT2D eigenvalue weighted by molar-refractivity contribution is 0.222. The van der Waals surface area contributed by atoms with E-state index in [0.717, 1.165) is 19.6 Å². The van der Waals surface area contributed by atoms with Gasteiger partial charge in [0.25, 0.3) is 5.56 Å². The Morgan fingerprint density at radius 3 is 2.71 bits per heavy atom. The van der Waals surface area contributed by atoms with Crippen molar-refractivity contribution in [2.75, 3.05) is 25.0 Å². The molecule has 0 radical (unpaired) electrons. The molecule has 6 nitrogen and oxygen atoms in total. The Kier molecular flexibility index (Phi) is 5.16. The SMILES string of the molecule is CCN1CCC(c2ccc(Nc3cc(Cl)nn(C)c3=O)nc2)CC1. The van der Waals surface area contributed by atoms with E-state index in [1.807, 2.05) is 12.3 Å². The van der Waals surface area contributed by atoms with E-state index in [0.29, 0.717) is 17.4 Å². The molecule has 0 atom stereocenters. The zero-order valence-corrected chi connectivity index (χ0v) is 14.8. The summed E-state index contributed by atoms with van der Waals surface area (Å²) in [5.74, 6) is 1.20. The molecule has 2 aromatic heterocycles. The Bertz CT molecular complexity index is 751. The Balaban J connectivity index is 1.70. The molecule has 0 aromatic carbocycles. The molecular formula is C17H22ClN5O. The number of anilines is 2. The van der Waals surface area contributed by atoms with E-state index in [-0.39, 0.29) is 10.7 Å². The first-order valence-electron chi connectivity index (χ1n) is 8.26. The van der Waals surface area contributed by atoms with Gasteiger partial charge in [0.1, 0.15) is 11.5 Å². The first-order valence-corrected chi connectivity index (χ1v) is 8.63. The summed E-state index contributed by atoms with van der Waals surface area (Å²) in [6.07, 6.45) is 4.24. The van der Waals surface area contributed by atoms with Gasteiger partial charge in [-0.1, -0.05) is 24.6 Å². The molecule has 1 aliphatic rings. The maximum Gasteiger partial charge on any atom is 0.290 e. The van der Waals surface area contributed by atoms with E-state index < -0.39 is 0 Å². The van der Waals surface area contributed by atoms with Crippen molar-refractivity contribution in [1.82, 2.24) is 19.7 Å². The van der Waals surface area contributed by atoms with Gasteiger partial charge >= 0.3 is 0 Å². The molecule has 7 heteroatoms. The van der Waals surface area contributed by atoms with Crippen LogP contribution in [0.2, 0.25) is 5.15 Å². The second-order valence-corrected chi connectivity index (χ2v) is 6.51. The number of nitrogens with one attached hydrogen (secondary N) is 1. The minimum atomic E-state index is -0.239. The largest absolute Gasteiger partial charge is 0.336 e. The Hall–Kier alpha value is -1.92. The Morgan fingerprint density at radius 1 is 1.33 bits per heavy atom. The number of aromatic nitrogens is 3. The monoisotopic (exact) mass is 347 g/mol. The van der Waals surface area contributed by atoms with E-state index in [1.54, 1.807) is 7.05 Å². The van der Waals surface area contributed by atoms with Crippen LogP contribution in [-0.4, -0.2) is 39.3 Å². The van der Waals surface area contributed by atoms with Crippen molar-refractivity contribution in [3.63, 3.8) is 0 Å². The van der Waals surface area contributed by atoms with Crippen molar-refractivity contribution in [2.24, 2.45) is 7.05 Å². The third kappa shape index (κ3) is 3.76. The zero-order chi connectivity index (χ0) is 17.1. The minimum Gasteiger partial charge on any atom is -0.336 e. The van der Waals surface area contributed by atoms with Gasteiger partial charge in [-0.25, -0.2) is 9.67 Å². The Labute approximate surface area is 146 Å². The molecule has 1 N–H and O–H groups in total. The first-order chi connectivity index (χ1) is 11.6. The average molecular weight is 348 g/mol. The minimum absolute atomic E-state index is 0.239. The number of halogens is 1. The molecule has 2 aromatic rings. The molecule has 0 bridgehead atoms. The molecular weight excluding hydrogens is 326 g/mol. The number of rotatable bonds is 4. The smallest absolute Gasteiger partial charge is 0.290 e. The van der Waals surface area contributed by atoms with E-state index in [9.17, 15) is 4.79 Å². The summed E-state index contributed by atoms with van der Waals surface area (Å²) in [7, 11) is 1.57. The quantitative estimate of drug-likeness (QED) is 0.921. The van der Waals surface area contributed by atoms with Crippen LogP contribution in [0.15, 0.2) is 29.2 Å². The van der Waals surface area contributed by atoms with Gasteiger partial charge in [-0.3, -0.25) is 4.79 Å². The van der Waals surface area contributed by atoms with Gasteiger partial charge in [-0.15, -0.1) is 0 Å². The number of likely N-dealkylation sites (tertiary alicyclic amines) is 1. The summed E-state index contributed by atoms with van der Waals surface area (Å²) in [6, 6.07) is 5.52. The summed E-state index contributed by atoms with van der Waals surface area (Å²) >= 11 is 5.90. The third-order valence-electron chi connectivity index (χ3n) is 4.59. The molecule has 3 rings (SSSR count). The molecule has 1 fully saturated rings. The number of aryl methyl sites for hydroxylation is 1. The number of nitrogens with zero attached hydrogens (tertiary/aromatic N) is 4. The van der Waals surface area contributed by atoms with Crippen LogP contribution in [0.5, 0.6) is 0 Å². The second kappa shape index (κ2) is 7.32. The van der Waals surface area contributed by atoms with Gasteiger partial charge in [0.2, 0.25) is 0 Å². The lowest BCUT2D eigenvalue weighted by atomic mass is 9.90. The average Bonchev–Trinajstić information content (AvgIpc) is 2.60. The van der Waals surface area contributed by atoms with Crippen molar-refractivity contribution >= 4 is 23.1 Å². The van der Waals surface area contributed by atoms with Gasteiger partial charge in [0, 0.05) is 19.3 Å². The van der Waals surface area contributed by atoms with Crippen molar-refractivity contribution in [1.29, 1.82) is 0 Å². The summed E-state index contributed by atoms with van der Waals surface area (Å²) in [6.45, 7) is 5.62. The maximum atomic E-state index is 12.0. The highest BCUT2D eigenvalue weighted by atomic mass is 35.5. The lowest BCUT2D eigenvalue weighted by Gasteiger charge is -2.31. The second-order valence-electron chi connectivity index (χ2n) is 6.12. The number of hydrogen-bond acceptors (Lipinski definition) is 5. The highest BCUT2D eigenvalue weighted by molar-refractivity contribution is 6.29. The topological polar surface area (TPSA) is 63.1 Å². The van der Waals surface area contributed by atoms with E-state index in [4.69, 9.17) is 11.6 Å². The van der Waals surface area contributed by atoms with Crippen LogP contribution in [0.25, 0.3) is 0 Å². The predicted octanol–water partition coefficient (Wildman–Crippen LogP) is 2.77. The van der Waals surface area contributed by atoms with Crippen molar-refractivity contribution in [3.8, 4) is 0 Å². The lowest BCUT2D eigenvalue weighted by Crippen LogP contribution is -2.32. The molecule has 0 spiro atoms. The van der Waals surface area contributed by atoms with Gasteiger partial charge in [-0.05, 0) is 50.0 Å². The van der Waals surface area contributed by atoms with Gasteiger partial charge in [0.15, 0.2) is 5.15 Å². The fourth-order valence-corrected chi connectivity index (χ4v) is 3.33. The van der Waals surface area contributed by atoms with Crippen molar-refractivity contribution in [3.05, 3.63) is 45.5 Å².